The fourth-order valence-corrected chi connectivity index (χ4v) is 6.77. The van der Waals surface area contributed by atoms with E-state index in [-0.39, 0.29) is 44.0 Å². The summed E-state index contributed by atoms with van der Waals surface area (Å²) in [6.07, 6.45) is 70.8. The summed E-state index contributed by atoms with van der Waals surface area (Å²) in [5.74, 6) is -1.03. The second-order valence-corrected chi connectivity index (χ2v) is 17.0. The lowest BCUT2D eigenvalue weighted by molar-refractivity contribution is -0.167. The highest BCUT2D eigenvalue weighted by molar-refractivity contribution is 5.71. The highest BCUT2D eigenvalue weighted by Gasteiger charge is 2.19. The Labute approximate surface area is 400 Å². The standard InChI is InChI=1S/C59H96O6/c1-4-7-10-13-16-19-22-25-28-29-32-34-37-40-43-46-49-52-58(61)64-55-56(65-59(62)53-50-47-44-41-38-35-31-27-24-21-18-15-12-9-6-3)54-63-57(60)51-48-45-42-39-36-33-30-26-23-20-17-14-11-8-5-2/h9,12,16,18-21,23,25,27-28,31-32,34,38,40-41,43,56H,4-8,10-11,13-15,17,22,24,26,29-30,33,35-37,39,42,44-55H2,1-3H3/b12-9-,19-16-,21-18-,23-20-,28-25-,31-27-,34-32-,41-38-,43-40-/t56-/m0/s1. The largest absolute Gasteiger partial charge is 0.462 e. The van der Waals surface area contributed by atoms with Crippen molar-refractivity contribution in [2.24, 2.45) is 0 Å². The van der Waals surface area contributed by atoms with Gasteiger partial charge in [-0.05, 0) is 122 Å². The molecule has 0 aliphatic heterocycles. The Bertz CT molecular complexity index is 1360. The Morgan fingerprint density at radius 1 is 0.323 bits per heavy atom. The van der Waals surface area contributed by atoms with Gasteiger partial charge in [0.1, 0.15) is 13.2 Å². The Morgan fingerprint density at radius 2 is 0.615 bits per heavy atom. The minimum atomic E-state index is -0.825. The smallest absolute Gasteiger partial charge is 0.306 e. The lowest BCUT2D eigenvalue weighted by atomic mass is 10.1. The third-order valence-electron chi connectivity index (χ3n) is 10.7. The molecule has 0 aliphatic carbocycles. The van der Waals surface area contributed by atoms with Gasteiger partial charge >= 0.3 is 17.9 Å². The molecular formula is C59H96O6. The van der Waals surface area contributed by atoms with Crippen molar-refractivity contribution in [3.8, 4) is 0 Å². The molecule has 6 nitrogen and oxygen atoms in total. The highest BCUT2D eigenvalue weighted by Crippen LogP contribution is 2.13. The van der Waals surface area contributed by atoms with Crippen molar-refractivity contribution in [2.45, 2.75) is 232 Å². The summed E-state index contributed by atoms with van der Waals surface area (Å²) in [5, 5.41) is 0. The molecule has 0 fully saturated rings. The topological polar surface area (TPSA) is 78.9 Å². The van der Waals surface area contributed by atoms with Crippen molar-refractivity contribution in [2.75, 3.05) is 13.2 Å². The van der Waals surface area contributed by atoms with Crippen LogP contribution in [-0.2, 0) is 28.6 Å². The normalized spacial score (nSPS) is 13.0. The van der Waals surface area contributed by atoms with Crippen LogP contribution in [-0.4, -0.2) is 37.2 Å². The predicted octanol–water partition coefficient (Wildman–Crippen LogP) is 17.5. The molecule has 0 saturated heterocycles. The molecule has 1 atom stereocenters. The number of allylic oxidation sites excluding steroid dienone is 18. The van der Waals surface area contributed by atoms with Gasteiger partial charge in [0.25, 0.3) is 0 Å². The summed E-state index contributed by atoms with van der Waals surface area (Å²) < 4.78 is 16.7. The molecule has 0 spiro atoms. The number of unbranched alkanes of at least 4 members (excludes halogenated alkanes) is 17. The lowest BCUT2D eigenvalue weighted by Gasteiger charge is -2.18. The summed E-state index contributed by atoms with van der Waals surface area (Å²) in [6.45, 7) is 6.38. The van der Waals surface area contributed by atoms with E-state index in [1.807, 2.05) is 0 Å². The van der Waals surface area contributed by atoms with Gasteiger partial charge in [-0.2, -0.15) is 0 Å². The van der Waals surface area contributed by atoms with Crippen molar-refractivity contribution in [3.63, 3.8) is 0 Å². The molecule has 0 aliphatic rings. The molecule has 368 valence electrons. The molecule has 0 aromatic heterocycles. The monoisotopic (exact) mass is 901 g/mol. The molecule has 0 amide bonds. The molecule has 65 heavy (non-hydrogen) atoms. The molecule has 6 heteroatoms. The molecule has 0 radical (unpaired) electrons. The minimum absolute atomic E-state index is 0.116. The zero-order valence-corrected chi connectivity index (χ0v) is 42.0. The Kier molecular flexibility index (Phi) is 49.5. The SMILES string of the molecule is CC/C=C\C/C=C\C/C=C\C/C=C\CCCCC(=O)O[C@H](COC(=O)CCC/C=C\C/C=C\C/C=C\C/C=C\CCCCC)COC(=O)CCCCCCCCC/C=C\CCCCCC. The van der Waals surface area contributed by atoms with Crippen molar-refractivity contribution in [1.29, 1.82) is 0 Å². The maximum atomic E-state index is 12.8. The Morgan fingerprint density at radius 3 is 1.08 bits per heavy atom. The van der Waals surface area contributed by atoms with Gasteiger partial charge in [0.2, 0.25) is 0 Å². The van der Waals surface area contributed by atoms with E-state index in [4.69, 9.17) is 14.2 Å². The number of rotatable bonds is 46. The van der Waals surface area contributed by atoms with Gasteiger partial charge in [-0.1, -0.05) is 194 Å². The molecule has 0 heterocycles. The number of ether oxygens (including phenoxy) is 3. The first-order chi connectivity index (χ1) is 32.0. The molecule has 0 saturated carbocycles. The molecule has 0 rings (SSSR count). The van der Waals surface area contributed by atoms with Crippen LogP contribution >= 0.6 is 0 Å². The number of carbonyl (C=O) groups is 3. The lowest BCUT2D eigenvalue weighted by Crippen LogP contribution is -2.30. The van der Waals surface area contributed by atoms with Gasteiger partial charge in [-0.15, -0.1) is 0 Å². The molecule has 0 unspecified atom stereocenters. The third kappa shape index (κ3) is 50.9. The number of hydrogen-bond donors (Lipinski definition) is 0. The van der Waals surface area contributed by atoms with Gasteiger partial charge in [0.05, 0.1) is 0 Å². The molecule has 0 aromatic rings. The van der Waals surface area contributed by atoms with Gasteiger partial charge < -0.3 is 14.2 Å². The van der Waals surface area contributed by atoms with Crippen LogP contribution in [0.1, 0.15) is 226 Å². The fraction of sp³-hybridized carbons (Fsp3) is 0.644. The summed E-state index contributed by atoms with van der Waals surface area (Å²) in [4.78, 5) is 38.0. The predicted molar refractivity (Wildman–Crippen MR) is 279 cm³/mol. The summed E-state index contributed by atoms with van der Waals surface area (Å²) >= 11 is 0. The van der Waals surface area contributed by atoms with E-state index in [1.54, 1.807) is 0 Å². The first kappa shape index (κ1) is 61.1. The van der Waals surface area contributed by atoms with Crippen molar-refractivity contribution < 1.29 is 28.6 Å². The van der Waals surface area contributed by atoms with Gasteiger partial charge in [-0.25, -0.2) is 0 Å². The zero-order chi connectivity index (χ0) is 47.2. The maximum Gasteiger partial charge on any atom is 0.306 e. The molecular weight excluding hydrogens is 805 g/mol. The van der Waals surface area contributed by atoms with Crippen LogP contribution in [0.3, 0.4) is 0 Å². The summed E-state index contributed by atoms with van der Waals surface area (Å²) in [5.41, 5.74) is 0. The van der Waals surface area contributed by atoms with Crippen LogP contribution in [0.4, 0.5) is 0 Å². The zero-order valence-electron chi connectivity index (χ0n) is 42.0. The van der Waals surface area contributed by atoms with Crippen LogP contribution in [0.25, 0.3) is 0 Å². The Balaban J connectivity index is 4.56. The van der Waals surface area contributed by atoms with E-state index < -0.39 is 6.10 Å². The maximum absolute atomic E-state index is 12.8. The fourth-order valence-electron chi connectivity index (χ4n) is 6.77. The van der Waals surface area contributed by atoms with Gasteiger partial charge in [0, 0.05) is 19.3 Å². The highest BCUT2D eigenvalue weighted by atomic mass is 16.6. The summed E-state index contributed by atoms with van der Waals surface area (Å²) in [7, 11) is 0. The van der Waals surface area contributed by atoms with Crippen LogP contribution in [0.2, 0.25) is 0 Å². The minimum Gasteiger partial charge on any atom is -0.462 e. The van der Waals surface area contributed by atoms with E-state index in [9.17, 15) is 14.4 Å². The van der Waals surface area contributed by atoms with Gasteiger partial charge in [0.15, 0.2) is 6.10 Å². The van der Waals surface area contributed by atoms with Crippen LogP contribution in [0.5, 0.6) is 0 Å². The number of hydrogen-bond acceptors (Lipinski definition) is 6. The van der Waals surface area contributed by atoms with Crippen LogP contribution in [0.15, 0.2) is 109 Å². The first-order valence-corrected chi connectivity index (χ1v) is 26.4. The van der Waals surface area contributed by atoms with Crippen LogP contribution in [0, 0.1) is 0 Å². The second-order valence-electron chi connectivity index (χ2n) is 17.0. The van der Waals surface area contributed by atoms with Crippen molar-refractivity contribution in [3.05, 3.63) is 109 Å². The second kappa shape index (κ2) is 52.7. The average Bonchev–Trinajstić information content (AvgIpc) is 3.30. The van der Waals surface area contributed by atoms with E-state index in [1.165, 1.54) is 89.9 Å². The number of carbonyl (C=O) groups excluding carboxylic acids is 3. The molecule has 0 aromatic carbocycles. The molecule has 0 N–H and O–H groups in total. The third-order valence-corrected chi connectivity index (χ3v) is 10.7. The van der Waals surface area contributed by atoms with E-state index in [0.717, 1.165) is 83.5 Å². The summed E-state index contributed by atoms with van der Waals surface area (Å²) in [6, 6.07) is 0. The quantitative estimate of drug-likeness (QED) is 0.0262. The van der Waals surface area contributed by atoms with E-state index in [0.29, 0.717) is 19.3 Å². The van der Waals surface area contributed by atoms with Crippen LogP contribution < -0.4 is 0 Å². The number of esters is 3. The van der Waals surface area contributed by atoms with E-state index >= 15 is 0 Å². The first-order valence-electron chi connectivity index (χ1n) is 26.4. The molecule has 0 bridgehead atoms. The van der Waals surface area contributed by atoms with Crippen molar-refractivity contribution in [1.82, 2.24) is 0 Å². The van der Waals surface area contributed by atoms with Gasteiger partial charge in [-0.3, -0.25) is 14.4 Å². The Hall–Kier alpha value is -3.93. The van der Waals surface area contributed by atoms with Crippen molar-refractivity contribution >= 4 is 17.9 Å². The van der Waals surface area contributed by atoms with E-state index in [2.05, 4.69) is 130 Å². The average molecular weight is 901 g/mol.